The second-order valence-corrected chi connectivity index (χ2v) is 7.32. The Balaban J connectivity index is 1.84. The van der Waals surface area contributed by atoms with Crippen LogP contribution in [-0.2, 0) is 0 Å². The van der Waals surface area contributed by atoms with E-state index in [2.05, 4.69) is 22.4 Å². The van der Waals surface area contributed by atoms with Crippen molar-refractivity contribution in [3.63, 3.8) is 0 Å². The van der Waals surface area contributed by atoms with E-state index in [1.807, 2.05) is 18.2 Å². The average Bonchev–Trinajstić information content (AvgIpc) is 2.73. The Morgan fingerprint density at radius 1 is 1.10 bits per heavy atom. The number of pyridine rings is 1. The third-order valence-electron chi connectivity index (χ3n) is 5.64. The molecule has 0 bridgehead atoms. The lowest BCUT2D eigenvalue weighted by atomic mass is 9.82. The molecular weight excluding hydrogens is 368 g/mol. The van der Waals surface area contributed by atoms with Crippen molar-refractivity contribution in [3.8, 4) is 0 Å². The average molecular weight is 390 g/mol. The molecule has 2 unspecified atom stereocenters. The zero-order valence-electron chi connectivity index (χ0n) is 15.8. The molecule has 1 aromatic heterocycles. The van der Waals surface area contributed by atoms with Crippen molar-refractivity contribution in [3.05, 3.63) is 70.9 Å². The number of carboxylic acid groups (broad SMARTS) is 1. The van der Waals surface area contributed by atoms with Crippen LogP contribution in [0.2, 0.25) is 0 Å². The van der Waals surface area contributed by atoms with Crippen molar-refractivity contribution in [2.24, 2.45) is 5.73 Å². The molecule has 1 amide bonds. The van der Waals surface area contributed by atoms with E-state index in [9.17, 15) is 14.7 Å². The van der Waals surface area contributed by atoms with E-state index < -0.39 is 11.9 Å². The molecule has 0 radical (unpaired) electrons. The Kier molecular flexibility index (Phi) is 4.90. The first-order valence-corrected chi connectivity index (χ1v) is 9.50. The fourth-order valence-electron chi connectivity index (χ4n) is 4.20. The lowest BCUT2D eigenvalue weighted by molar-refractivity contribution is 0.0697. The van der Waals surface area contributed by atoms with Gasteiger partial charge in [-0.05, 0) is 42.5 Å². The minimum absolute atomic E-state index is 0.0495. The summed E-state index contributed by atoms with van der Waals surface area (Å²) in [5.41, 5.74) is 14.4. The number of aromatic nitrogens is 1. The highest BCUT2D eigenvalue weighted by Crippen LogP contribution is 2.39. The molecule has 0 saturated carbocycles. The molecule has 29 heavy (non-hydrogen) atoms. The van der Waals surface area contributed by atoms with E-state index in [1.54, 1.807) is 12.1 Å². The number of carboxylic acids is 1. The minimum atomic E-state index is -1.16. The molecule has 7 heteroatoms. The van der Waals surface area contributed by atoms with Gasteiger partial charge >= 0.3 is 5.97 Å². The van der Waals surface area contributed by atoms with Gasteiger partial charge in [-0.1, -0.05) is 36.4 Å². The number of aromatic carboxylic acids is 1. The van der Waals surface area contributed by atoms with Gasteiger partial charge in [-0.15, -0.1) is 0 Å². The summed E-state index contributed by atoms with van der Waals surface area (Å²) in [5, 5.41) is 13.5. The highest BCUT2D eigenvalue weighted by atomic mass is 16.4. The summed E-state index contributed by atoms with van der Waals surface area (Å²) in [4.78, 5) is 27.7. The van der Waals surface area contributed by atoms with Crippen LogP contribution in [0.1, 0.15) is 56.6 Å². The number of carbonyl (C=O) groups excluding carboxylic acids is 1. The van der Waals surface area contributed by atoms with E-state index in [0.29, 0.717) is 16.8 Å². The Bertz CT molecular complexity index is 1100. The standard InChI is InChI=1S/C22H22N4O3/c23-19-16(22(28)29)11-26-20-15(21(24)27)7-6-14(18(19)20)17-10-13(8-9-25-17)12-4-2-1-3-5-12/h1-7,11,13,17,25H,8-10H2,(H2,23,26)(H2,24,27)(H,28,29). The lowest BCUT2D eigenvalue weighted by Gasteiger charge is -2.32. The number of nitrogens with zero attached hydrogens (tertiary/aromatic N) is 1. The fourth-order valence-corrected chi connectivity index (χ4v) is 4.20. The van der Waals surface area contributed by atoms with E-state index in [4.69, 9.17) is 11.5 Å². The van der Waals surface area contributed by atoms with Gasteiger partial charge in [0.2, 0.25) is 0 Å². The molecule has 1 aliphatic rings. The van der Waals surface area contributed by atoms with Gasteiger partial charge in [-0.3, -0.25) is 9.78 Å². The molecular formula is C22H22N4O3. The number of fused-ring (bicyclic) bond motifs is 1. The van der Waals surface area contributed by atoms with Crippen LogP contribution in [0.4, 0.5) is 5.69 Å². The quantitative estimate of drug-likeness (QED) is 0.542. The minimum Gasteiger partial charge on any atom is -0.478 e. The van der Waals surface area contributed by atoms with Crippen molar-refractivity contribution < 1.29 is 14.7 Å². The van der Waals surface area contributed by atoms with Gasteiger partial charge in [0, 0.05) is 17.6 Å². The Labute approximate surface area is 167 Å². The molecule has 2 heterocycles. The van der Waals surface area contributed by atoms with Gasteiger partial charge in [-0.2, -0.15) is 0 Å². The maximum Gasteiger partial charge on any atom is 0.339 e. The first-order chi connectivity index (χ1) is 14.0. The summed E-state index contributed by atoms with van der Waals surface area (Å²) in [7, 11) is 0. The van der Waals surface area contributed by atoms with Gasteiger partial charge in [0.1, 0.15) is 5.56 Å². The third-order valence-corrected chi connectivity index (χ3v) is 5.64. The zero-order valence-corrected chi connectivity index (χ0v) is 15.8. The molecule has 0 aliphatic carbocycles. The summed E-state index contributed by atoms with van der Waals surface area (Å²) >= 11 is 0. The van der Waals surface area contributed by atoms with Crippen LogP contribution in [-0.4, -0.2) is 28.5 Å². The van der Waals surface area contributed by atoms with Gasteiger partial charge in [-0.25, -0.2) is 4.79 Å². The highest BCUT2D eigenvalue weighted by molar-refractivity contribution is 6.11. The normalized spacial score (nSPS) is 19.2. The maximum atomic E-state index is 11.9. The molecule has 1 aliphatic heterocycles. The zero-order chi connectivity index (χ0) is 20.5. The number of primary amides is 1. The number of hydrogen-bond acceptors (Lipinski definition) is 5. The number of nitrogen functional groups attached to an aromatic ring is 1. The van der Waals surface area contributed by atoms with Crippen molar-refractivity contribution in [1.29, 1.82) is 0 Å². The molecule has 3 aromatic rings. The third kappa shape index (κ3) is 3.40. The van der Waals surface area contributed by atoms with Crippen LogP contribution in [0, 0.1) is 0 Å². The largest absolute Gasteiger partial charge is 0.478 e. The summed E-state index contributed by atoms with van der Waals surface area (Å²) in [5.74, 6) is -1.42. The number of rotatable bonds is 4. The Morgan fingerprint density at radius 3 is 2.55 bits per heavy atom. The van der Waals surface area contributed by atoms with Crippen molar-refractivity contribution in [2.45, 2.75) is 24.8 Å². The SMILES string of the molecule is NC(=O)c1ccc(C2CC(c3ccccc3)CCN2)c2c(N)c(C(=O)O)cnc12. The number of piperidine rings is 1. The molecule has 2 aromatic carbocycles. The van der Waals surface area contributed by atoms with Crippen LogP contribution in [0.3, 0.4) is 0 Å². The highest BCUT2D eigenvalue weighted by Gasteiger charge is 2.28. The number of amides is 1. The number of nitrogens with two attached hydrogens (primary N) is 2. The summed E-state index contributed by atoms with van der Waals surface area (Å²) in [6, 6.07) is 13.7. The summed E-state index contributed by atoms with van der Waals surface area (Å²) in [6.45, 7) is 0.815. The van der Waals surface area contributed by atoms with E-state index in [1.165, 1.54) is 11.8 Å². The second-order valence-electron chi connectivity index (χ2n) is 7.32. The first-order valence-electron chi connectivity index (χ1n) is 9.50. The predicted octanol–water partition coefficient (Wildman–Crippen LogP) is 2.82. The number of anilines is 1. The smallest absolute Gasteiger partial charge is 0.339 e. The van der Waals surface area contributed by atoms with Crippen LogP contribution in [0.5, 0.6) is 0 Å². The summed E-state index contributed by atoms with van der Waals surface area (Å²) in [6.07, 6.45) is 3.01. The fraction of sp³-hybridized carbons (Fsp3) is 0.227. The lowest BCUT2D eigenvalue weighted by Crippen LogP contribution is -2.31. The number of carbonyl (C=O) groups is 2. The van der Waals surface area contributed by atoms with Crippen LogP contribution < -0.4 is 16.8 Å². The molecule has 1 fully saturated rings. The van der Waals surface area contributed by atoms with Crippen LogP contribution >= 0.6 is 0 Å². The Hall–Kier alpha value is -3.45. The molecule has 2 atom stereocenters. The molecule has 1 saturated heterocycles. The van der Waals surface area contributed by atoms with Gasteiger partial charge in [0.05, 0.1) is 16.8 Å². The first kappa shape index (κ1) is 18.9. The Morgan fingerprint density at radius 2 is 1.86 bits per heavy atom. The van der Waals surface area contributed by atoms with E-state index in [0.717, 1.165) is 24.9 Å². The van der Waals surface area contributed by atoms with Crippen molar-refractivity contribution in [2.75, 3.05) is 12.3 Å². The molecule has 4 rings (SSSR count). The number of hydrogen-bond donors (Lipinski definition) is 4. The monoisotopic (exact) mass is 390 g/mol. The second kappa shape index (κ2) is 7.52. The van der Waals surface area contributed by atoms with Crippen LogP contribution in [0.25, 0.3) is 10.9 Å². The predicted molar refractivity (Wildman–Crippen MR) is 111 cm³/mol. The van der Waals surface area contributed by atoms with E-state index >= 15 is 0 Å². The van der Waals surface area contributed by atoms with Gasteiger partial charge in [0.15, 0.2) is 0 Å². The van der Waals surface area contributed by atoms with Crippen molar-refractivity contribution >= 4 is 28.5 Å². The molecule has 7 nitrogen and oxygen atoms in total. The van der Waals surface area contributed by atoms with Crippen molar-refractivity contribution in [1.82, 2.24) is 10.3 Å². The topological polar surface area (TPSA) is 131 Å². The summed E-state index contributed by atoms with van der Waals surface area (Å²) < 4.78 is 0. The number of benzene rings is 2. The molecule has 6 N–H and O–H groups in total. The van der Waals surface area contributed by atoms with Gasteiger partial charge < -0.3 is 21.9 Å². The molecule has 148 valence electrons. The molecule has 0 spiro atoms. The maximum absolute atomic E-state index is 11.9. The van der Waals surface area contributed by atoms with E-state index in [-0.39, 0.29) is 22.9 Å². The van der Waals surface area contributed by atoms with Gasteiger partial charge in [0.25, 0.3) is 5.91 Å². The number of nitrogens with one attached hydrogen (secondary N) is 1. The van der Waals surface area contributed by atoms with Crippen LogP contribution in [0.15, 0.2) is 48.7 Å².